The van der Waals surface area contributed by atoms with Gasteiger partial charge in [-0.05, 0) is 18.1 Å². The third kappa shape index (κ3) is 6.60. The molecule has 0 unspecified atom stereocenters. The Morgan fingerprint density at radius 3 is 1.21 bits per heavy atom. The van der Waals surface area contributed by atoms with Crippen LogP contribution in [0.3, 0.4) is 0 Å². The van der Waals surface area contributed by atoms with Crippen molar-refractivity contribution in [3.8, 4) is 0 Å². The van der Waals surface area contributed by atoms with Crippen molar-refractivity contribution in [1.82, 2.24) is 0 Å². The van der Waals surface area contributed by atoms with Gasteiger partial charge in [-0.2, -0.15) is 0 Å². The molecule has 0 fully saturated rings. The molecule has 86 valence electrons. The summed E-state index contributed by atoms with van der Waals surface area (Å²) in [6.07, 6.45) is 8.00. The number of rotatable bonds is 9. The number of hydrogen-bond donors (Lipinski definition) is 1. The molecule has 0 aromatic heterocycles. The maximum Gasteiger partial charge on any atom is 0.123 e. The van der Waals surface area contributed by atoms with Crippen molar-refractivity contribution in [2.75, 3.05) is 0 Å². The Balaban J connectivity index is 3.89. The molecule has 0 aliphatic rings. The molecule has 0 saturated carbocycles. The van der Waals surface area contributed by atoms with E-state index in [0.717, 1.165) is 0 Å². The van der Waals surface area contributed by atoms with Gasteiger partial charge >= 0.3 is 0 Å². The lowest BCUT2D eigenvalue weighted by Gasteiger charge is -2.26. The Labute approximate surface area is 91.6 Å². The quantitative estimate of drug-likeness (QED) is 0.571. The summed E-state index contributed by atoms with van der Waals surface area (Å²) in [6.45, 7) is 6.82. The second-order valence-electron chi connectivity index (χ2n) is 4.67. The summed E-state index contributed by atoms with van der Waals surface area (Å²) >= 11 is 0. The van der Waals surface area contributed by atoms with E-state index in [4.69, 9.17) is 5.40 Å². The summed E-state index contributed by atoms with van der Waals surface area (Å²) in [5.74, 6) is 0. The molecular formula is C12H29NSi. The van der Waals surface area contributed by atoms with Gasteiger partial charge in [0.1, 0.15) is 8.24 Å². The molecule has 0 aliphatic carbocycles. The minimum Gasteiger partial charge on any atom is -0.351 e. The van der Waals surface area contributed by atoms with Crippen molar-refractivity contribution in [2.24, 2.45) is 5.40 Å². The fraction of sp³-hybridized carbons (Fsp3) is 1.00. The molecule has 0 heterocycles. The molecule has 0 aromatic rings. The van der Waals surface area contributed by atoms with Crippen molar-refractivity contribution in [3.63, 3.8) is 0 Å². The van der Waals surface area contributed by atoms with Gasteiger partial charge in [-0.1, -0.05) is 59.3 Å². The van der Waals surface area contributed by atoms with Gasteiger partial charge < -0.3 is 5.40 Å². The minimum atomic E-state index is -1.31. The first-order valence-corrected chi connectivity index (χ1v) is 9.17. The molecule has 0 aliphatic heterocycles. The Morgan fingerprint density at radius 1 is 0.714 bits per heavy atom. The maximum absolute atomic E-state index is 6.60. The molecule has 0 bridgehead atoms. The van der Waals surface area contributed by atoms with Crippen molar-refractivity contribution in [2.45, 2.75) is 77.4 Å². The van der Waals surface area contributed by atoms with E-state index in [1.54, 1.807) is 0 Å². The predicted molar refractivity (Wildman–Crippen MR) is 69.1 cm³/mol. The van der Waals surface area contributed by atoms with Gasteiger partial charge in [-0.15, -0.1) is 0 Å². The van der Waals surface area contributed by atoms with E-state index < -0.39 is 8.24 Å². The van der Waals surface area contributed by atoms with Gasteiger partial charge in [0.05, 0.1) is 0 Å². The number of nitrogens with two attached hydrogens (primary N) is 1. The summed E-state index contributed by atoms with van der Waals surface area (Å²) in [4.78, 5) is 0. The highest BCUT2D eigenvalue weighted by Crippen LogP contribution is 2.23. The molecular weight excluding hydrogens is 186 g/mol. The molecule has 1 nitrogen and oxygen atoms in total. The zero-order valence-electron chi connectivity index (χ0n) is 10.4. The molecule has 0 atom stereocenters. The van der Waals surface area contributed by atoms with Crippen LogP contribution in [0.5, 0.6) is 0 Å². The maximum atomic E-state index is 6.60. The zero-order chi connectivity index (χ0) is 10.9. The molecule has 0 spiro atoms. The summed E-state index contributed by atoms with van der Waals surface area (Å²) in [5.41, 5.74) is 0. The van der Waals surface area contributed by atoms with Crippen molar-refractivity contribution >= 4 is 8.24 Å². The minimum absolute atomic E-state index is 1.31. The first-order chi connectivity index (χ1) is 6.68. The predicted octanol–water partition coefficient (Wildman–Crippen LogP) is 4.29. The fourth-order valence-corrected chi connectivity index (χ4v) is 5.88. The second-order valence-corrected chi connectivity index (χ2v) is 8.90. The smallest absolute Gasteiger partial charge is 0.123 e. The molecule has 14 heavy (non-hydrogen) atoms. The van der Waals surface area contributed by atoms with Crippen LogP contribution in [0.15, 0.2) is 0 Å². The van der Waals surface area contributed by atoms with Gasteiger partial charge in [0.15, 0.2) is 0 Å². The summed E-state index contributed by atoms with van der Waals surface area (Å²) in [5, 5.41) is 6.60. The van der Waals surface area contributed by atoms with Crippen LogP contribution in [0.25, 0.3) is 0 Å². The zero-order valence-corrected chi connectivity index (χ0v) is 11.4. The first-order valence-electron chi connectivity index (χ1n) is 6.47. The highest BCUT2D eigenvalue weighted by Gasteiger charge is 2.25. The van der Waals surface area contributed by atoms with Crippen molar-refractivity contribution < 1.29 is 0 Å². The van der Waals surface area contributed by atoms with Crippen LogP contribution in [0.2, 0.25) is 18.1 Å². The summed E-state index contributed by atoms with van der Waals surface area (Å²) in [7, 11) is -1.31. The fourth-order valence-electron chi connectivity index (χ4n) is 1.96. The van der Waals surface area contributed by atoms with Gasteiger partial charge in [0.25, 0.3) is 0 Å². The monoisotopic (exact) mass is 215 g/mol. The van der Waals surface area contributed by atoms with E-state index in [1.165, 1.54) is 56.7 Å². The van der Waals surface area contributed by atoms with Crippen molar-refractivity contribution in [1.29, 1.82) is 0 Å². The molecule has 0 saturated heterocycles. The van der Waals surface area contributed by atoms with Gasteiger partial charge in [-0.25, -0.2) is 0 Å². The van der Waals surface area contributed by atoms with Crippen LogP contribution < -0.4 is 5.40 Å². The highest BCUT2D eigenvalue weighted by atomic mass is 28.3. The average molecular weight is 215 g/mol. The lowest BCUT2D eigenvalue weighted by molar-refractivity contribution is 0.790. The lowest BCUT2D eigenvalue weighted by atomic mass is 10.4. The highest BCUT2D eigenvalue weighted by molar-refractivity contribution is 6.76. The summed E-state index contributed by atoms with van der Waals surface area (Å²) < 4.78 is 0. The van der Waals surface area contributed by atoms with Gasteiger partial charge in [0, 0.05) is 0 Å². The second kappa shape index (κ2) is 8.48. The molecule has 0 radical (unpaired) electrons. The van der Waals surface area contributed by atoms with Crippen molar-refractivity contribution in [3.05, 3.63) is 0 Å². The Bertz CT molecular complexity index is 104. The molecule has 0 aromatic carbocycles. The van der Waals surface area contributed by atoms with Gasteiger partial charge in [-0.3, -0.25) is 0 Å². The van der Waals surface area contributed by atoms with E-state index in [1.807, 2.05) is 0 Å². The molecule has 0 rings (SSSR count). The first kappa shape index (κ1) is 14.2. The van der Waals surface area contributed by atoms with Crippen LogP contribution in [0.1, 0.15) is 59.3 Å². The normalized spacial score (nSPS) is 12.0. The van der Waals surface area contributed by atoms with E-state index in [0.29, 0.717) is 0 Å². The Morgan fingerprint density at radius 2 is 1.00 bits per heavy atom. The van der Waals surface area contributed by atoms with E-state index in [2.05, 4.69) is 20.8 Å². The van der Waals surface area contributed by atoms with Crippen LogP contribution in [-0.2, 0) is 0 Å². The number of unbranched alkanes of at least 4 members (excludes halogenated alkanes) is 3. The van der Waals surface area contributed by atoms with Crippen LogP contribution >= 0.6 is 0 Å². The van der Waals surface area contributed by atoms with Crippen LogP contribution in [0, 0.1) is 0 Å². The van der Waals surface area contributed by atoms with E-state index >= 15 is 0 Å². The number of hydrogen-bond acceptors (Lipinski definition) is 1. The molecule has 2 N–H and O–H groups in total. The summed E-state index contributed by atoms with van der Waals surface area (Å²) in [6, 6.07) is 4.09. The SMILES string of the molecule is CCCC[Si](N)(CCCC)CCCC. The Kier molecular flexibility index (Phi) is 8.59. The Hall–Kier alpha value is 0.177. The lowest BCUT2D eigenvalue weighted by Crippen LogP contribution is -2.45. The standard InChI is InChI=1S/C12H29NSi/c1-4-7-10-14(13,11-8-5-2)12-9-6-3/h4-13H2,1-3H3. The largest absolute Gasteiger partial charge is 0.351 e. The molecule has 2 heteroatoms. The van der Waals surface area contributed by atoms with Crippen LogP contribution in [-0.4, -0.2) is 8.24 Å². The topological polar surface area (TPSA) is 26.0 Å². The van der Waals surface area contributed by atoms with E-state index in [-0.39, 0.29) is 0 Å². The van der Waals surface area contributed by atoms with E-state index in [9.17, 15) is 0 Å². The molecule has 0 amide bonds. The third-order valence-corrected chi connectivity index (χ3v) is 7.13. The van der Waals surface area contributed by atoms with Gasteiger partial charge in [0.2, 0.25) is 0 Å². The third-order valence-electron chi connectivity index (χ3n) is 3.08. The average Bonchev–Trinajstić information content (AvgIpc) is 2.21. The van der Waals surface area contributed by atoms with Crippen LogP contribution in [0.4, 0.5) is 0 Å².